The number of methoxy groups -OCH3 is 1. The third-order valence-corrected chi connectivity index (χ3v) is 5.11. The lowest BCUT2D eigenvalue weighted by atomic mass is 10.2. The topological polar surface area (TPSA) is 61.5 Å². The molecule has 1 aliphatic rings. The Morgan fingerprint density at radius 1 is 1.15 bits per heavy atom. The number of nitrogens with one attached hydrogen (secondary N) is 1. The molecular formula is C20H21ClN4O2. The number of H-pyrrole nitrogens is 1. The van der Waals surface area contributed by atoms with Crippen molar-refractivity contribution < 1.29 is 9.53 Å². The summed E-state index contributed by atoms with van der Waals surface area (Å²) in [6.45, 7) is 3.78. The van der Waals surface area contributed by atoms with Gasteiger partial charge in [-0.15, -0.1) is 0 Å². The van der Waals surface area contributed by atoms with E-state index in [1.807, 2.05) is 23.1 Å². The van der Waals surface area contributed by atoms with Crippen LogP contribution in [0.2, 0.25) is 5.02 Å². The van der Waals surface area contributed by atoms with Gasteiger partial charge in [0.15, 0.2) is 0 Å². The standard InChI is InChI=1S/C20H21ClN4O2/c1-27-16-6-7-17-18(12-16)23-19(22-17)13-24-8-10-25(11-9-24)20(26)14-2-4-15(21)5-3-14/h2-7,12H,8-11,13H2,1H3,(H,22,23). The Morgan fingerprint density at radius 2 is 1.89 bits per heavy atom. The Bertz CT molecular complexity index is 946. The Morgan fingerprint density at radius 3 is 2.59 bits per heavy atom. The highest BCUT2D eigenvalue weighted by molar-refractivity contribution is 6.30. The van der Waals surface area contributed by atoms with Crippen LogP contribution in [0.15, 0.2) is 42.5 Å². The lowest BCUT2D eigenvalue weighted by Crippen LogP contribution is -2.48. The lowest BCUT2D eigenvalue weighted by Gasteiger charge is -2.34. The number of amides is 1. The van der Waals surface area contributed by atoms with Crippen molar-refractivity contribution >= 4 is 28.5 Å². The third-order valence-electron chi connectivity index (χ3n) is 4.86. The molecule has 6 nitrogen and oxygen atoms in total. The number of carbonyl (C=O) groups excluding carboxylic acids is 1. The van der Waals surface area contributed by atoms with Crippen molar-refractivity contribution in [1.82, 2.24) is 19.8 Å². The summed E-state index contributed by atoms with van der Waals surface area (Å²) >= 11 is 5.90. The number of nitrogens with zero attached hydrogens (tertiary/aromatic N) is 3. The maximum atomic E-state index is 12.6. The fourth-order valence-electron chi connectivity index (χ4n) is 3.34. The van der Waals surface area contributed by atoms with Crippen molar-refractivity contribution in [2.24, 2.45) is 0 Å². The minimum absolute atomic E-state index is 0.0575. The van der Waals surface area contributed by atoms with Crippen LogP contribution in [0.25, 0.3) is 11.0 Å². The molecule has 1 aliphatic heterocycles. The number of benzene rings is 2. The van der Waals surface area contributed by atoms with Crippen LogP contribution < -0.4 is 4.74 Å². The van der Waals surface area contributed by atoms with Crippen LogP contribution in [0, 0.1) is 0 Å². The van der Waals surface area contributed by atoms with Crippen molar-refractivity contribution in [3.8, 4) is 5.75 Å². The minimum Gasteiger partial charge on any atom is -0.497 e. The molecule has 7 heteroatoms. The van der Waals surface area contributed by atoms with Gasteiger partial charge in [-0.05, 0) is 36.4 Å². The highest BCUT2D eigenvalue weighted by atomic mass is 35.5. The van der Waals surface area contributed by atoms with E-state index in [1.165, 1.54) is 0 Å². The predicted molar refractivity (Wildman–Crippen MR) is 105 cm³/mol. The summed E-state index contributed by atoms with van der Waals surface area (Å²) in [5, 5.41) is 0.639. The second kappa shape index (κ2) is 7.58. The summed E-state index contributed by atoms with van der Waals surface area (Å²) in [5.74, 6) is 1.80. The van der Waals surface area contributed by atoms with Gasteiger partial charge in [0, 0.05) is 42.8 Å². The molecule has 1 amide bonds. The van der Waals surface area contributed by atoms with Crippen molar-refractivity contribution in [3.63, 3.8) is 0 Å². The molecule has 0 spiro atoms. The summed E-state index contributed by atoms with van der Waals surface area (Å²) in [6.07, 6.45) is 0. The fraction of sp³-hybridized carbons (Fsp3) is 0.300. The van der Waals surface area contributed by atoms with Crippen LogP contribution in [0.3, 0.4) is 0 Å². The molecule has 4 rings (SSSR count). The number of fused-ring (bicyclic) bond motifs is 1. The number of hydrogen-bond donors (Lipinski definition) is 1. The van der Waals surface area contributed by atoms with Crippen LogP contribution in [-0.2, 0) is 6.54 Å². The highest BCUT2D eigenvalue weighted by Crippen LogP contribution is 2.20. The summed E-state index contributed by atoms with van der Waals surface area (Å²) in [4.78, 5) is 24.8. The van der Waals surface area contributed by atoms with Crippen LogP contribution in [0.4, 0.5) is 0 Å². The smallest absolute Gasteiger partial charge is 0.253 e. The molecule has 1 N–H and O–H groups in total. The second-order valence-corrected chi connectivity index (χ2v) is 7.08. The van der Waals surface area contributed by atoms with E-state index in [4.69, 9.17) is 16.3 Å². The zero-order valence-electron chi connectivity index (χ0n) is 15.1. The molecule has 3 aromatic rings. The summed E-state index contributed by atoms with van der Waals surface area (Å²) < 4.78 is 5.26. The van der Waals surface area contributed by atoms with Crippen molar-refractivity contribution in [2.75, 3.05) is 33.3 Å². The number of piperazine rings is 1. The SMILES string of the molecule is COc1ccc2nc(CN3CCN(C(=O)c4ccc(Cl)cc4)CC3)[nH]c2c1. The molecule has 0 atom stereocenters. The molecule has 140 valence electrons. The molecule has 0 radical (unpaired) electrons. The van der Waals surface area contributed by atoms with E-state index in [-0.39, 0.29) is 5.91 Å². The number of ether oxygens (including phenoxy) is 1. The third kappa shape index (κ3) is 3.91. The molecule has 0 bridgehead atoms. The average Bonchev–Trinajstić information content (AvgIpc) is 3.10. The zero-order valence-corrected chi connectivity index (χ0v) is 15.9. The molecule has 1 aromatic heterocycles. The number of rotatable bonds is 4. The summed E-state index contributed by atoms with van der Waals surface area (Å²) in [6, 6.07) is 12.9. The van der Waals surface area contributed by atoms with Gasteiger partial charge in [-0.25, -0.2) is 4.98 Å². The van der Waals surface area contributed by atoms with Crippen molar-refractivity contribution in [2.45, 2.75) is 6.54 Å². The van der Waals surface area contributed by atoms with E-state index in [0.717, 1.165) is 42.2 Å². The van der Waals surface area contributed by atoms with Gasteiger partial charge < -0.3 is 14.6 Å². The van der Waals surface area contributed by atoms with Crippen LogP contribution in [0.5, 0.6) is 5.75 Å². The number of aromatic amines is 1. The molecule has 2 heterocycles. The molecule has 0 saturated carbocycles. The van der Waals surface area contributed by atoms with E-state index in [9.17, 15) is 4.79 Å². The Kier molecular flexibility index (Phi) is 5.01. The molecule has 1 saturated heterocycles. The predicted octanol–water partition coefficient (Wildman–Crippen LogP) is 3.18. The van der Waals surface area contributed by atoms with Crippen LogP contribution in [0.1, 0.15) is 16.2 Å². The number of carbonyl (C=O) groups is 1. The molecule has 0 aliphatic carbocycles. The van der Waals surface area contributed by atoms with E-state index < -0.39 is 0 Å². The number of aromatic nitrogens is 2. The maximum absolute atomic E-state index is 12.6. The molecule has 2 aromatic carbocycles. The van der Waals surface area contributed by atoms with Gasteiger partial charge in [0.25, 0.3) is 5.91 Å². The molecule has 27 heavy (non-hydrogen) atoms. The normalized spacial score (nSPS) is 15.3. The number of hydrogen-bond acceptors (Lipinski definition) is 4. The Balaban J connectivity index is 1.36. The Labute approximate surface area is 162 Å². The van der Waals surface area contributed by atoms with E-state index in [1.54, 1.807) is 31.4 Å². The van der Waals surface area contributed by atoms with Gasteiger partial charge >= 0.3 is 0 Å². The van der Waals surface area contributed by atoms with Gasteiger partial charge in [0.2, 0.25) is 0 Å². The molecule has 0 unspecified atom stereocenters. The second-order valence-electron chi connectivity index (χ2n) is 6.64. The first-order chi connectivity index (χ1) is 13.1. The maximum Gasteiger partial charge on any atom is 0.253 e. The minimum atomic E-state index is 0.0575. The van der Waals surface area contributed by atoms with Crippen molar-refractivity contribution in [3.05, 3.63) is 58.9 Å². The van der Waals surface area contributed by atoms with Gasteiger partial charge in [-0.2, -0.15) is 0 Å². The van der Waals surface area contributed by atoms with E-state index in [2.05, 4.69) is 14.9 Å². The van der Waals surface area contributed by atoms with Crippen molar-refractivity contribution in [1.29, 1.82) is 0 Å². The van der Waals surface area contributed by atoms with Gasteiger partial charge in [-0.1, -0.05) is 11.6 Å². The molecule has 1 fully saturated rings. The fourth-order valence-corrected chi connectivity index (χ4v) is 3.47. The summed E-state index contributed by atoms with van der Waals surface area (Å²) in [7, 11) is 1.66. The zero-order chi connectivity index (χ0) is 18.8. The van der Waals surface area contributed by atoms with Gasteiger partial charge in [0.05, 0.1) is 24.7 Å². The first-order valence-electron chi connectivity index (χ1n) is 8.92. The number of imidazole rings is 1. The first kappa shape index (κ1) is 17.8. The van der Waals surface area contributed by atoms with Crippen LogP contribution >= 0.6 is 11.6 Å². The van der Waals surface area contributed by atoms with E-state index >= 15 is 0 Å². The highest BCUT2D eigenvalue weighted by Gasteiger charge is 2.22. The monoisotopic (exact) mass is 384 g/mol. The van der Waals surface area contributed by atoms with Gasteiger partial charge in [-0.3, -0.25) is 9.69 Å². The van der Waals surface area contributed by atoms with Gasteiger partial charge in [0.1, 0.15) is 11.6 Å². The number of halogens is 1. The lowest BCUT2D eigenvalue weighted by molar-refractivity contribution is 0.0626. The van der Waals surface area contributed by atoms with Crippen LogP contribution in [-0.4, -0.2) is 59.0 Å². The quantitative estimate of drug-likeness (QED) is 0.750. The average molecular weight is 385 g/mol. The largest absolute Gasteiger partial charge is 0.497 e. The van der Waals surface area contributed by atoms with E-state index in [0.29, 0.717) is 23.7 Å². The first-order valence-corrected chi connectivity index (χ1v) is 9.30. The Hall–Kier alpha value is -2.57. The summed E-state index contributed by atoms with van der Waals surface area (Å²) in [5.41, 5.74) is 2.59. The molecular weight excluding hydrogens is 364 g/mol.